The molecule has 4 aromatic rings. The summed E-state index contributed by atoms with van der Waals surface area (Å²) in [7, 11) is 1.72. The molecule has 0 saturated carbocycles. The maximum atomic E-state index is 12.9. The van der Waals surface area contributed by atoms with Gasteiger partial charge in [0.1, 0.15) is 16.0 Å². The highest BCUT2D eigenvalue weighted by atomic mass is 32.1. The number of para-hydroxylation sites is 1. The quantitative estimate of drug-likeness (QED) is 0.436. The Labute approximate surface area is 189 Å². The van der Waals surface area contributed by atoms with Gasteiger partial charge in [0.15, 0.2) is 0 Å². The number of fused-ring (bicyclic) bond motifs is 3. The number of pyridine rings is 1. The minimum atomic E-state index is -0.356. The van der Waals surface area contributed by atoms with Crippen molar-refractivity contribution in [1.29, 1.82) is 0 Å². The molecule has 8 heteroatoms. The van der Waals surface area contributed by atoms with Gasteiger partial charge in [-0.15, -0.1) is 11.3 Å². The smallest absolute Gasteiger partial charge is 0.328 e. The van der Waals surface area contributed by atoms with E-state index in [0.29, 0.717) is 28.2 Å². The average molecular weight is 451 g/mol. The molecule has 0 spiro atoms. The van der Waals surface area contributed by atoms with Crippen molar-refractivity contribution in [2.24, 2.45) is 0 Å². The Hall–Kier alpha value is -2.97. The highest BCUT2D eigenvalue weighted by Gasteiger charge is 2.25. The van der Waals surface area contributed by atoms with Crippen molar-refractivity contribution in [2.45, 2.75) is 31.7 Å². The van der Waals surface area contributed by atoms with Crippen LogP contribution in [0.2, 0.25) is 0 Å². The Morgan fingerprint density at radius 2 is 2.00 bits per heavy atom. The number of aromatic amines is 1. The molecule has 0 radical (unpaired) electrons. The van der Waals surface area contributed by atoms with Crippen molar-refractivity contribution in [2.75, 3.05) is 26.7 Å². The van der Waals surface area contributed by atoms with Crippen LogP contribution in [0.4, 0.5) is 0 Å². The van der Waals surface area contributed by atoms with Gasteiger partial charge in [-0.05, 0) is 56.1 Å². The van der Waals surface area contributed by atoms with Crippen LogP contribution in [0.5, 0.6) is 5.75 Å². The second kappa shape index (κ2) is 8.88. The summed E-state index contributed by atoms with van der Waals surface area (Å²) in [6, 6.07) is 12.0. The van der Waals surface area contributed by atoms with Gasteiger partial charge in [-0.25, -0.2) is 4.79 Å². The topological polar surface area (TPSA) is 80.2 Å². The van der Waals surface area contributed by atoms with Crippen LogP contribution in [0, 0.1) is 0 Å². The van der Waals surface area contributed by atoms with Gasteiger partial charge in [0, 0.05) is 25.2 Å². The van der Waals surface area contributed by atoms with Crippen LogP contribution < -0.4 is 16.0 Å². The number of unbranched alkanes of at least 4 members (excludes halogenated alkanes) is 1. The van der Waals surface area contributed by atoms with Crippen molar-refractivity contribution in [3.63, 3.8) is 0 Å². The zero-order valence-electron chi connectivity index (χ0n) is 18.0. The van der Waals surface area contributed by atoms with E-state index in [1.54, 1.807) is 13.3 Å². The first-order valence-electron chi connectivity index (χ1n) is 11.0. The van der Waals surface area contributed by atoms with Gasteiger partial charge < -0.3 is 14.6 Å². The highest BCUT2D eigenvalue weighted by Crippen LogP contribution is 2.33. The fourth-order valence-electron chi connectivity index (χ4n) is 4.69. The molecule has 166 valence electrons. The molecule has 4 heterocycles. The summed E-state index contributed by atoms with van der Waals surface area (Å²) in [5, 5.41) is 0. The highest BCUT2D eigenvalue weighted by molar-refractivity contribution is 7.25. The minimum absolute atomic E-state index is 0.218. The van der Waals surface area contributed by atoms with E-state index in [1.807, 2.05) is 24.3 Å². The van der Waals surface area contributed by atoms with E-state index in [9.17, 15) is 9.59 Å². The number of rotatable bonds is 7. The van der Waals surface area contributed by atoms with Crippen LogP contribution in [-0.2, 0) is 6.54 Å². The predicted octanol–water partition coefficient (Wildman–Crippen LogP) is 3.58. The van der Waals surface area contributed by atoms with E-state index in [2.05, 4.69) is 27.0 Å². The molecule has 1 aliphatic rings. The predicted molar refractivity (Wildman–Crippen MR) is 128 cm³/mol. The maximum Gasteiger partial charge on any atom is 0.328 e. The summed E-state index contributed by atoms with van der Waals surface area (Å²) < 4.78 is 8.33. The standard InChI is InChI=1S/C24H26N4O3S/c1-31-18-8-3-2-7-17(18)16-10-14-27(15-16)12-4-5-13-28-23(29)22-21(26-24(28)30)20-19(32-22)9-6-11-25-20/h2-3,6-9,11,16H,4-5,10,12-15H2,1H3,(H,26,30)/t16-/m0/s1. The van der Waals surface area contributed by atoms with Gasteiger partial charge in [0.25, 0.3) is 5.56 Å². The third-order valence-electron chi connectivity index (χ3n) is 6.32. The number of hydrogen-bond acceptors (Lipinski definition) is 6. The Bertz CT molecular complexity index is 1370. The normalized spacial score (nSPS) is 16.8. The summed E-state index contributed by atoms with van der Waals surface area (Å²) in [6.45, 7) is 3.47. The van der Waals surface area contributed by atoms with Gasteiger partial charge in [-0.3, -0.25) is 14.3 Å². The van der Waals surface area contributed by atoms with E-state index >= 15 is 0 Å². The third-order valence-corrected chi connectivity index (χ3v) is 7.45. The van der Waals surface area contributed by atoms with Crippen LogP contribution in [0.3, 0.4) is 0 Å². The molecule has 1 fully saturated rings. The maximum absolute atomic E-state index is 12.9. The number of nitrogens with one attached hydrogen (secondary N) is 1. The number of likely N-dealkylation sites (tertiary alicyclic amines) is 1. The van der Waals surface area contributed by atoms with Gasteiger partial charge >= 0.3 is 5.69 Å². The molecular formula is C24H26N4O3S. The minimum Gasteiger partial charge on any atom is -0.496 e. The van der Waals surface area contributed by atoms with Crippen LogP contribution >= 0.6 is 11.3 Å². The molecule has 1 aliphatic heterocycles. The van der Waals surface area contributed by atoms with Gasteiger partial charge in [-0.2, -0.15) is 0 Å². The van der Waals surface area contributed by atoms with Crippen molar-refractivity contribution >= 4 is 31.8 Å². The summed E-state index contributed by atoms with van der Waals surface area (Å²) >= 11 is 1.39. The van der Waals surface area contributed by atoms with Gasteiger partial charge in [0.2, 0.25) is 0 Å². The first kappa shape index (κ1) is 20.9. The first-order chi connectivity index (χ1) is 15.7. The molecule has 1 aromatic carbocycles. The molecule has 5 rings (SSSR count). The molecule has 1 atom stereocenters. The number of hydrogen-bond donors (Lipinski definition) is 1. The Balaban J connectivity index is 1.21. The van der Waals surface area contributed by atoms with Crippen molar-refractivity contribution in [1.82, 2.24) is 19.4 Å². The lowest BCUT2D eigenvalue weighted by Crippen LogP contribution is -2.34. The second-order valence-corrected chi connectivity index (χ2v) is 9.33. The average Bonchev–Trinajstić information content (AvgIpc) is 3.43. The molecule has 0 amide bonds. The largest absolute Gasteiger partial charge is 0.496 e. The van der Waals surface area contributed by atoms with Gasteiger partial charge in [-0.1, -0.05) is 18.2 Å². The second-order valence-electron chi connectivity index (χ2n) is 8.28. The van der Waals surface area contributed by atoms with Crippen LogP contribution in [-0.4, -0.2) is 46.2 Å². The van der Waals surface area contributed by atoms with E-state index < -0.39 is 0 Å². The molecule has 0 aliphatic carbocycles. The fourth-order valence-corrected chi connectivity index (χ4v) is 5.75. The number of aromatic nitrogens is 3. The number of nitrogens with zero attached hydrogens (tertiary/aromatic N) is 3. The molecule has 3 aromatic heterocycles. The first-order valence-corrected chi connectivity index (χ1v) is 11.8. The fraction of sp³-hybridized carbons (Fsp3) is 0.375. The lowest BCUT2D eigenvalue weighted by molar-refractivity contribution is 0.320. The molecule has 1 N–H and O–H groups in total. The van der Waals surface area contributed by atoms with Crippen LogP contribution in [0.1, 0.15) is 30.7 Å². The molecule has 1 saturated heterocycles. The molecular weight excluding hydrogens is 424 g/mol. The van der Waals surface area contributed by atoms with E-state index in [0.717, 1.165) is 49.3 Å². The molecule has 0 unspecified atom stereocenters. The lowest BCUT2D eigenvalue weighted by Gasteiger charge is -2.17. The van der Waals surface area contributed by atoms with E-state index in [1.165, 1.54) is 21.5 Å². The van der Waals surface area contributed by atoms with Gasteiger partial charge in [0.05, 0.1) is 17.3 Å². The lowest BCUT2D eigenvalue weighted by atomic mass is 9.97. The van der Waals surface area contributed by atoms with Crippen LogP contribution in [0.15, 0.2) is 52.2 Å². The Kier molecular flexibility index (Phi) is 5.80. The molecule has 7 nitrogen and oxygen atoms in total. The Morgan fingerprint density at radius 1 is 1.16 bits per heavy atom. The molecule has 0 bridgehead atoms. The van der Waals surface area contributed by atoms with E-state index in [4.69, 9.17) is 4.74 Å². The van der Waals surface area contributed by atoms with Crippen LogP contribution in [0.25, 0.3) is 20.4 Å². The summed E-state index contributed by atoms with van der Waals surface area (Å²) in [4.78, 5) is 35.2. The summed E-state index contributed by atoms with van der Waals surface area (Å²) in [5.74, 6) is 1.45. The van der Waals surface area contributed by atoms with Crippen molar-refractivity contribution in [3.8, 4) is 5.75 Å². The Morgan fingerprint density at radius 3 is 2.88 bits per heavy atom. The zero-order valence-corrected chi connectivity index (χ0v) is 18.9. The van der Waals surface area contributed by atoms with E-state index in [-0.39, 0.29) is 11.2 Å². The number of methoxy groups -OCH3 is 1. The number of ether oxygens (including phenoxy) is 1. The summed E-state index contributed by atoms with van der Waals surface area (Å²) in [6.07, 6.45) is 4.52. The summed E-state index contributed by atoms with van der Waals surface area (Å²) in [5.41, 5.74) is 1.94. The van der Waals surface area contributed by atoms with Crippen molar-refractivity contribution in [3.05, 3.63) is 69.0 Å². The zero-order chi connectivity index (χ0) is 22.1. The molecule has 32 heavy (non-hydrogen) atoms. The number of H-pyrrole nitrogens is 1. The third kappa shape index (κ3) is 3.84. The van der Waals surface area contributed by atoms with Crippen molar-refractivity contribution < 1.29 is 4.74 Å². The number of thiophene rings is 1. The SMILES string of the molecule is COc1ccccc1[C@H]1CCN(CCCCn2c(=O)[nH]c3c(sc4cccnc43)c2=O)C1. The monoisotopic (exact) mass is 450 g/mol. The number of benzene rings is 1.